The molecule has 102 valence electrons. The Balaban J connectivity index is 1.96. The molecule has 4 aromatic rings. The van der Waals surface area contributed by atoms with Crippen molar-refractivity contribution < 1.29 is 0 Å². The number of hydrogen-bond acceptors (Lipinski definition) is 2. The van der Waals surface area contributed by atoms with Gasteiger partial charge in [-0.1, -0.05) is 49.4 Å². The van der Waals surface area contributed by atoms with Crippen LogP contribution >= 0.6 is 0 Å². The van der Waals surface area contributed by atoms with E-state index in [9.17, 15) is 0 Å². The van der Waals surface area contributed by atoms with Gasteiger partial charge in [0, 0.05) is 17.1 Å². The fourth-order valence-corrected chi connectivity index (χ4v) is 2.66. The predicted octanol–water partition coefficient (Wildman–Crippen LogP) is 4.11. The van der Waals surface area contributed by atoms with Crippen LogP contribution in [-0.2, 0) is 6.42 Å². The van der Waals surface area contributed by atoms with Gasteiger partial charge < -0.3 is 0 Å². The molecule has 2 heterocycles. The summed E-state index contributed by atoms with van der Waals surface area (Å²) < 4.78 is 1.86. The van der Waals surface area contributed by atoms with Crippen molar-refractivity contribution in [3.63, 3.8) is 0 Å². The summed E-state index contributed by atoms with van der Waals surface area (Å²) in [5.74, 6) is 0.779. The molecule has 0 amide bonds. The highest BCUT2D eigenvalue weighted by molar-refractivity contribution is 5.94. The minimum absolute atomic E-state index is 0.779. The molecule has 21 heavy (non-hydrogen) atoms. The molecule has 3 heteroatoms. The summed E-state index contributed by atoms with van der Waals surface area (Å²) in [6, 6.07) is 18.8. The fraction of sp³-hybridized carbons (Fsp3) is 0.111. The normalized spacial score (nSPS) is 11.3. The second-order valence-corrected chi connectivity index (χ2v) is 5.16. The van der Waals surface area contributed by atoms with Crippen LogP contribution in [0.5, 0.6) is 0 Å². The Morgan fingerprint density at radius 2 is 1.90 bits per heavy atom. The van der Waals surface area contributed by atoms with Crippen LogP contribution in [0.1, 0.15) is 12.5 Å². The van der Waals surface area contributed by atoms with Crippen LogP contribution < -0.4 is 0 Å². The highest BCUT2D eigenvalue weighted by atomic mass is 15.3. The van der Waals surface area contributed by atoms with Gasteiger partial charge in [0.2, 0.25) is 0 Å². The van der Waals surface area contributed by atoms with E-state index in [0.29, 0.717) is 0 Å². The minimum atomic E-state index is 0.779. The summed E-state index contributed by atoms with van der Waals surface area (Å²) in [5.41, 5.74) is 3.28. The van der Waals surface area contributed by atoms with E-state index < -0.39 is 0 Å². The maximum absolute atomic E-state index is 4.74. The Bertz CT molecular complexity index is 937. The van der Waals surface area contributed by atoms with E-state index in [1.54, 1.807) is 0 Å². The SMILES string of the molecule is CCc1cccc(-c2nc3c4ccccc4ccn3n2)c1. The molecule has 0 unspecified atom stereocenters. The quantitative estimate of drug-likeness (QED) is 0.550. The van der Waals surface area contributed by atoms with E-state index in [4.69, 9.17) is 4.98 Å². The predicted molar refractivity (Wildman–Crippen MR) is 85.3 cm³/mol. The van der Waals surface area contributed by atoms with Gasteiger partial charge in [-0.15, -0.1) is 5.10 Å². The van der Waals surface area contributed by atoms with Crippen LogP contribution in [0.2, 0.25) is 0 Å². The first kappa shape index (κ1) is 12.1. The Hall–Kier alpha value is -2.68. The van der Waals surface area contributed by atoms with Crippen LogP contribution in [-0.4, -0.2) is 14.6 Å². The molecule has 2 aromatic carbocycles. The zero-order valence-electron chi connectivity index (χ0n) is 11.8. The number of rotatable bonds is 2. The van der Waals surface area contributed by atoms with Gasteiger partial charge in [0.05, 0.1) is 0 Å². The standard InChI is InChI=1S/C18H15N3/c1-2-13-6-5-8-15(12-13)17-19-18-16-9-4-3-7-14(16)10-11-21(18)20-17/h3-12H,2H2,1H3. The lowest BCUT2D eigenvalue weighted by molar-refractivity contribution is 0.971. The molecule has 0 bridgehead atoms. The van der Waals surface area contributed by atoms with Crippen molar-refractivity contribution >= 4 is 16.4 Å². The lowest BCUT2D eigenvalue weighted by Crippen LogP contribution is -1.87. The van der Waals surface area contributed by atoms with E-state index >= 15 is 0 Å². The molecule has 0 aliphatic rings. The maximum atomic E-state index is 4.74. The summed E-state index contributed by atoms with van der Waals surface area (Å²) in [5, 5.41) is 6.93. The third-order valence-electron chi connectivity index (χ3n) is 3.82. The Kier molecular flexibility index (Phi) is 2.71. The molecule has 0 saturated carbocycles. The molecular weight excluding hydrogens is 258 g/mol. The lowest BCUT2D eigenvalue weighted by atomic mass is 10.1. The van der Waals surface area contributed by atoms with E-state index in [2.05, 4.69) is 54.5 Å². The van der Waals surface area contributed by atoms with E-state index in [-0.39, 0.29) is 0 Å². The van der Waals surface area contributed by atoms with Crippen molar-refractivity contribution in [3.05, 3.63) is 66.4 Å². The largest absolute Gasteiger partial charge is 0.220 e. The molecule has 2 aromatic heterocycles. The summed E-state index contributed by atoms with van der Waals surface area (Å²) in [6.07, 6.45) is 2.99. The highest BCUT2D eigenvalue weighted by Crippen LogP contribution is 2.22. The van der Waals surface area contributed by atoms with Gasteiger partial charge in [0.1, 0.15) is 0 Å². The Morgan fingerprint density at radius 3 is 2.81 bits per heavy atom. The number of fused-ring (bicyclic) bond motifs is 3. The molecule has 0 aliphatic carbocycles. The lowest BCUT2D eigenvalue weighted by Gasteiger charge is -1.98. The van der Waals surface area contributed by atoms with Gasteiger partial charge in [0.25, 0.3) is 0 Å². The van der Waals surface area contributed by atoms with Crippen LogP contribution in [0.4, 0.5) is 0 Å². The zero-order chi connectivity index (χ0) is 14.2. The van der Waals surface area contributed by atoms with Crippen LogP contribution in [0.25, 0.3) is 27.8 Å². The van der Waals surface area contributed by atoms with Crippen molar-refractivity contribution in [1.82, 2.24) is 14.6 Å². The zero-order valence-corrected chi connectivity index (χ0v) is 11.8. The van der Waals surface area contributed by atoms with Crippen LogP contribution in [0.3, 0.4) is 0 Å². The van der Waals surface area contributed by atoms with Gasteiger partial charge >= 0.3 is 0 Å². The molecule has 0 atom stereocenters. The second-order valence-electron chi connectivity index (χ2n) is 5.16. The molecule has 0 aliphatic heterocycles. The molecule has 4 rings (SSSR count). The smallest absolute Gasteiger partial charge is 0.182 e. The number of hydrogen-bond donors (Lipinski definition) is 0. The Morgan fingerprint density at radius 1 is 1.00 bits per heavy atom. The molecule has 0 spiro atoms. The average molecular weight is 273 g/mol. The monoisotopic (exact) mass is 273 g/mol. The number of aromatic nitrogens is 3. The van der Waals surface area contributed by atoms with Crippen molar-refractivity contribution in [1.29, 1.82) is 0 Å². The number of benzene rings is 2. The first-order valence-electron chi connectivity index (χ1n) is 7.18. The van der Waals surface area contributed by atoms with Crippen LogP contribution in [0, 0.1) is 0 Å². The minimum Gasteiger partial charge on any atom is -0.220 e. The molecule has 3 nitrogen and oxygen atoms in total. The maximum Gasteiger partial charge on any atom is 0.182 e. The third-order valence-corrected chi connectivity index (χ3v) is 3.82. The van der Waals surface area contributed by atoms with Gasteiger partial charge in [-0.2, -0.15) is 0 Å². The Labute approximate surface area is 122 Å². The average Bonchev–Trinajstić information content (AvgIpc) is 2.99. The number of nitrogens with zero attached hydrogens (tertiary/aromatic N) is 3. The molecular formula is C18H15N3. The van der Waals surface area contributed by atoms with Gasteiger partial charge in [-0.3, -0.25) is 0 Å². The van der Waals surface area contributed by atoms with Gasteiger partial charge in [-0.05, 0) is 29.5 Å². The van der Waals surface area contributed by atoms with Crippen molar-refractivity contribution in [2.45, 2.75) is 13.3 Å². The highest BCUT2D eigenvalue weighted by Gasteiger charge is 2.09. The van der Waals surface area contributed by atoms with Crippen molar-refractivity contribution in [2.75, 3.05) is 0 Å². The fourth-order valence-electron chi connectivity index (χ4n) is 2.66. The van der Waals surface area contributed by atoms with Gasteiger partial charge in [0.15, 0.2) is 11.5 Å². The summed E-state index contributed by atoms with van der Waals surface area (Å²) in [7, 11) is 0. The molecule has 0 N–H and O–H groups in total. The van der Waals surface area contributed by atoms with Crippen molar-refractivity contribution in [2.24, 2.45) is 0 Å². The van der Waals surface area contributed by atoms with Gasteiger partial charge in [-0.25, -0.2) is 9.50 Å². The number of pyridine rings is 1. The summed E-state index contributed by atoms with van der Waals surface area (Å²) in [4.78, 5) is 4.74. The summed E-state index contributed by atoms with van der Waals surface area (Å²) in [6.45, 7) is 2.16. The van der Waals surface area contributed by atoms with E-state index in [1.807, 2.05) is 22.8 Å². The van der Waals surface area contributed by atoms with Crippen LogP contribution in [0.15, 0.2) is 60.8 Å². The molecule has 0 fully saturated rings. The second kappa shape index (κ2) is 4.70. The van der Waals surface area contributed by atoms with Crippen molar-refractivity contribution in [3.8, 4) is 11.4 Å². The topological polar surface area (TPSA) is 30.2 Å². The first-order valence-corrected chi connectivity index (χ1v) is 7.18. The van der Waals surface area contributed by atoms with E-state index in [0.717, 1.165) is 28.8 Å². The van der Waals surface area contributed by atoms with E-state index in [1.165, 1.54) is 10.9 Å². The molecule has 0 saturated heterocycles. The third kappa shape index (κ3) is 1.98. The first-order chi connectivity index (χ1) is 10.3. The number of aryl methyl sites for hydroxylation is 1. The molecule has 0 radical (unpaired) electrons. The summed E-state index contributed by atoms with van der Waals surface area (Å²) >= 11 is 0.